The van der Waals surface area contributed by atoms with Crippen LogP contribution in [0.1, 0.15) is 206 Å². The molecule has 3 N–H and O–H groups in total. The molecule has 67 heavy (non-hydrogen) atoms. The van der Waals surface area contributed by atoms with Crippen LogP contribution < -0.4 is 5.73 Å². The highest BCUT2D eigenvalue weighted by Crippen LogP contribution is 2.43. The predicted molar refractivity (Wildman–Crippen MR) is 284 cm³/mol. The molecule has 9 nitrogen and oxygen atoms in total. The Hall–Kier alpha value is -3.33. The summed E-state index contributed by atoms with van der Waals surface area (Å²) >= 11 is 0. The highest BCUT2D eigenvalue weighted by atomic mass is 31.2. The number of carbonyl (C=O) groups is 2. The maximum Gasteiger partial charge on any atom is 0.472 e. The second kappa shape index (κ2) is 52.0. The van der Waals surface area contributed by atoms with Gasteiger partial charge in [-0.2, -0.15) is 0 Å². The van der Waals surface area contributed by atoms with Gasteiger partial charge in [-0.1, -0.05) is 220 Å². The summed E-state index contributed by atoms with van der Waals surface area (Å²) in [5, 5.41) is 0. The largest absolute Gasteiger partial charge is 0.472 e. The minimum Gasteiger partial charge on any atom is -0.462 e. The van der Waals surface area contributed by atoms with Gasteiger partial charge in [0.05, 0.1) is 13.2 Å². The van der Waals surface area contributed by atoms with Crippen LogP contribution in [0.3, 0.4) is 0 Å². The van der Waals surface area contributed by atoms with Crippen LogP contribution in [0.15, 0.2) is 109 Å². The summed E-state index contributed by atoms with van der Waals surface area (Å²) in [6, 6.07) is 0. The van der Waals surface area contributed by atoms with Crippen LogP contribution in [0, 0.1) is 0 Å². The quantitative estimate of drug-likeness (QED) is 0.0264. The third-order valence-corrected chi connectivity index (χ3v) is 11.7. The summed E-state index contributed by atoms with van der Waals surface area (Å²) in [6.45, 7) is 3.58. The Balaban J connectivity index is 4.14. The summed E-state index contributed by atoms with van der Waals surface area (Å²) in [5.74, 6) is -0.870. The Kier molecular flexibility index (Phi) is 49.5. The van der Waals surface area contributed by atoms with E-state index in [2.05, 4.69) is 123 Å². The second-order valence-electron chi connectivity index (χ2n) is 17.0. The smallest absolute Gasteiger partial charge is 0.462 e. The predicted octanol–water partition coefficient (Wildman–Crippen LogP) is 16.3. The van der Waals surface area contributed by atoms with E-state index in [4.69, 9.17) is 24.3 Å². The van der Waals surface area contributed by atoms with Gasteiger partial charge >= 0.3 is 19.8 Å². The zero-order valence-electron chi connectivity index (χ0n) is 42.3. The van der Waals surface area contributed by atoms with Gasteiger partial charge in [-0.25, -0.2) is 4.57 Å². The van der Waals surface area contributed by atoms with Gasteiger partial charge in [-0.05, 0) is 83.5 Å². The Morgan fingerprint density at radius 2 is 0.821 bits per heavy atom. The van der Waals surface area contributed by atoms with Crippen LogP contribution >= 0.6 is 7.82 Å². The van der Waals surface area contributed by atoms with Gasteiger partial charge in [-0.3, -0.25) is 18.6 Å². The fourth-order valence-corrected chi connectivity index (χ4v) is 7.57. The number of hydrogen-bond donors (Lipinski definition) is 2. The number of phosphoric acid groups is 1. The highest BCUT2D eigenvalue weighted by molar-refractivity contribution is 7.47. The first kappa shape index (κ1) is 63.7. The SMILES string of the molecule is CC/C=C\C/C=C\C/C=C\C/C=C\C/C=C\C/C=C\C/C=C\C/C=C\C/C=C\CCCCCC(=O)OC(COC(=O)CCCCCCCCCCCCCCCCC)COP(=O)(O)OCCN. The molecule has 0 saturated carbocycles. The van der Waals surface area contributed by atoms with Crippen LogP contribution in [0.5, 0.6) is 0 Å². The molecule has 0 aliphatic heterocycles. The van der Waals surface area contributed by atoms with E-state index in [9.17, 15) is 19.0 Å². The van der Waals surface area contributed by atoms with Gasteiger partial charge in [0.1, 0.15) is 6.61 Å². The molecular weight excluding hydrogens is 858 g/mol. The topological polar surface area (TPSA) is 134 Å². The maximum absolute atomic E-state index is 12.7. The lowest BCUT2D eigenvalue weighted by Gasteiger charge is -2.19. The van der Waals surface area contributed by atoms with Gasteiger partial charge in [0.15, 0.2) is 6.10 Å². The first-order chi connectivity index (χ1) is 32.8. The van der Waals surface area contributed by atoms with Crippen LogP contribution in [0.4, 0.5) is 0 Å². The van der Waals surface area contributed by atoms with E-state index < -0.39 is 32.5 Å². The van der Waals surface area contributed by atoms with Crippen LogP contribution in [0.25, 0.3) is 0 Å². The van der Waals surface area contributed by atoms with Crippen molar-refractivity contribution in [2.75, 3.05) is 26.4 Å². The average Bonchev–Trinajstić information content (AvgIpc) is 3.32. The molecule has 0 spiro atoms. The van der Waals surface area contributed by atoms with Crippen molar-refractivity contribution in [2.45, 2.75) is 213 Å². The first-order valence-electron chi connectivity index (χ1n) is 26.4. The van der Waals surface area contributed by atoms with Crippen molar-refractivity contribution in [1.82, 2.24) is 0 Å². The van der Waals surface area contributed by atoms with Crippen LogP contribution in [-0.2, 0) is 32.7 Å². The molecule has 0 saturated heterocycles. The Labute approximate surface area is 409 Å². The molecule has 0 bridgehead atoms. The van der Waals surface area contributed by atoms with E-state index in [0.717, 1.165) is 96.3 Å². The third-order valence-electron chi connectivity index (χ3n) is 10.7. The molecule has 0 aromatic heterocycles. The van der Waals surface area contributed by atoms with E-state index in [0.29, 0.717) is 6.42 Å². The van der Waals surface area contributed by atoms with Crippen molar-refractivity contribution in [2.24, 2.45) is 5.73 Å². The number of hydrogen-bond acceptors (Lipinski definition) is 8. The van der Waals surface area contributed by atoms with Gasteiger partial charge in [0.2, 0.25) is 0 Å². The van der Waals surface area contributed by atoms with Crippen LogP contribution in [-0.4, -0.2) is 49.3 Å². The van der Waals surface area contributed by atoms with Gasteiger partial charge in [-0.15, -0.1) is 0 Å². The van der Waals surface area contributed by atoms with Crippen molar-refractivity contribution in [1.29, 1.82) is 0 Å². The molecule has 0 rings (SSSR count). The molecule has 0 amide bonds. The number of nitrogens with two attached hydrogens (primary N) is 1. The van der Waals surface area contributed by atoms with Crippen LogP contribution in [0.2, 0.25) is 0 Å². The standard InChI is InChI=1S/C57H96NO8P/c1-3-5-7-9-11-13-15-17-19-20-21-22-23-24-25-26-27-28-29-30-31-32-33-34-36-38-40-42-44-46-48-50-57(60)66-55(54-65-67(61,62)64-52-51-58)53-63-56(59)49-47-45-43-41-39-37-35-18-16-14-12-10-8-6-4-2/h5,7,11,13,17,19,21-22,24-25,27-28,30-31,33-34,38,40,55H,3-4,6,8-10,12,14-16,18,20,23,26,29,32,35-37,39,41-54,58H2,1-2H3,(H,61,62)/b7-5-,13-11-,19-17-,22-21-,25-24-,28-27-,31-30-,34-33-,40-38-. The number of esters is 2. The fourth-order valence-electron chi connectivity index (χ4n) is 6.80. The normalized spacial score (nSPS) is 14.0. The number of rotatable bonds is 48. The van der Waals surface area contributed by atoms with E-state index in [1.165, 1.54) is 77.0 Å². The number of phosphoric ester groups is 1. The molecule has 0 aromatic rings. The molecule has 0 aliphatic rings. The lowest BCUT2D eigenvalue weighted by atomic mass is 10.0. The Morgan fingerprint density at radius 1 is 0.463 bits per heavy atom. The molecule has 2 atom stereocenters. The summed E-state index contributed by atoms with van der Waals surface area (Å²) in [6.07, 6.45) is 69.9. The molecule has 0 aromatic carbocycles. The fraction of sp³-hybridized carbons (Fsp3) is 0.649. The Bertz CT molecular complexity index is 1460. The van der Waals surface area contributed by atoms with Gasteiger partial charge < -0.3 is 20.1 Å². The third kappa shape index (κ3) is 51.9. The summed E-state index contributed by atoms with van der Waals surface area (Å²) in [4.78, 5) is 35.0. The molecular formula is C57H96NO8P. The lowest BCUT2D eigenvalue weighted by Crippen LogP contribution is -2.29. The van der Waals surface area contributed by atoms with E-state index in [-0.39, 0.29) is 32.6 Å². The van der Waals surface area contributed by atoms with E-state index >= 15 is 0 Å². The van der Waals surface area contributed by atoms with Crippen molar-refractivity contribution in [3.05, 3.63) is 109 Å². The average molecular weight is 954 g/mol. The Morgan fingerprint density at radius 3 is 1.22 bits per heavy atom. The monoisotopic (exact) mass is 954 g/mol. The van der Waals surface area contributed by atoms with E-state index in [1.807, 2.05) is 0 Å². The zero-order chi connectivity index (χ0) is 48.8. The number of ether oxygens (including phenoxy) is 2. The van der Waals surface area contributed by atoms with Crippen molar-refractivity contribution < 1.29 is 37.6 Å². The zero-order valence-corrected chi connectivity index (χ0v) is 43.2. The van der Waals surface area contributed by atoms with Crippen molar-refractivity contribution in [3.8, 4) is 0 Å². The molecule has 0 radical (unpaired) electrons. The molecule has 0 aliphatic carbocycles. The molecule has 10 heteroatoms. The number of unbranched alkanes of at least 4 members (excludes halogenated alkanes) is 17. The van der Waals surface area contributed by atoms with Crippen molar-refractivity contribution in [3.63, 3.8) is 0 Å². The lowest BCUT2D eigenvalue weighted by molar-refractivity contribution is -0.161. The maximum atomic E-state index is 12.7. The minimum absolute atomic E-state index is 0.0429. The van der Waals surface area contributed by atoms with Crippen molar-refractivity contribution >= 4 is 19.8 Å². The van der Waals surface area contributed by atoms with Gasteiger partial charge in [0, 0.05) is 19.4 Å². The molecule has 0 fully saturated rings. The summed E-state index contributed by atoms with van der Waals surface area (Å²) in [7, 11) is -4.40. The van der Waals surface area contributed by atoms with Gasteiger partial charge in [0.25, 0.3) is 0 Å². The molecule has 382 valence electrons. The molecule has 2 unspecified atom stereocenters. The minimum atomic E-state index is -4.40. The summed E-state index contributed by atoms with van der Waals surface area (Å²) in [5.41, 5.74) is 5.36. The highest BCUT2D eigenvalue weighted by Gasteiger charge is 2.26. The van der Waals surface area contributed by atoms with E-state index in [1.54, 1.807) is 0 Å². The first-order valence-corrected chi connectivity index (χ1v) is 27.9. The molecule has 0 heterocycles. The summed E-state index contributed by atoms with van der Waals surface area (Å²) < 4.78 is 32.9. The number of allylic oxidation sites excluding steroid dienone is 18. The second-order valence-corrected chi connectivity index (χ2v) is 18.5. The number of carbonyl (C=O) groups excluding carboxylic acids is 2.